The lowest BCUT2D eigenvalue weighted by molar-refractivity contribution is 0.214. The van der Waals surface area contributed by atoms with Crippen molar-refractivity contribution in [3.05, 3.63) is 59.9 Å². The van der Waals surface area contributed by atoms with Gasteiger partial charge >= 0.3 is 0 Å². The maximum Gasteiger partial charge on any atom is 0.191 e. The van der Waals surface area contributed by atoms with Crippen LogP contribution in [-0.2, 0) is 6.54 Å². The van der Waals surface area contributed by atoms with Gasteiger partial charge in [-0.1, -0.05) is 24.3 Å². The number of halogens is 1. The largest absolute Gasteiger partial charge is 0.486 e. The van der Waals surface area contributed by atoms with Crippen LogP contribution in [0.25, 0.3) is 0 Å². The predicted octanol–water partition coefficient (Wildman–Crippen LogP) is 3.02. The fourth-order valence-electron chi connectivity index (χ4n) is 2.39. The Morgan fingerprint density at radius 1 is 1.15 bits per heavy atom. The molecule has 0 radical (unpaired) electrons. The van der Waals surface area contributed by atoms with Gasteiger partial charge in [0.15, 0.2) is 17.5 Å². The molecule has 2 aromatic rings. The molecule has 0 aliphatic heterocycles. The highest BCUT2D eigenvalue weighted by molar-refractivity contribution is 5.79. The van der Waals surface area contributed by atoms with Crippen molar-refractivity contribution in [3.8, 4) is 5.75 Å². The van der Waals surface area contributed by atoms with Crippen molar-refractivity contribution in [2.75, 3.05) is 32.6 Å². The summed E-state index contributed by atoms with van der Waals surface area (Å²) in [5, 5.41) is 6.47. The zero-order valence-corrected chi connectivity index (χ0v) is 15.8. The van der Waals surface area contributed by atoms with Crippen LogP contribution in [0, 0.1) is 5.82 Å². The molecule has 6 heteroatoms. The smallest absolute Gasteiger partial charge is 0.191 e. The third-order valence-corrected chi connectivity index (χ3v) is 3.83. The Morgan fingerprint density at radius 3 is 2.62 bits per heavy atom. The van der Waals surface area contributed by atoms with Crippen LogP contribution in [0.4, 0.5) is 10.1 Å². The monoisotopic (exact) mass is 358 g/mol. The molecule has 0 aliphatic carbocycles. The van der Waals surface area contributed by atoms with E-state index in [1.165, 1.54) is 6.07 Å². The summed E-state index contributed by atoms with van der Waals surface area (Å²) in [5.41, 5.74) is 2.31. The van der Waals surface area contributed by atoms with Gasteiger partial charge in [-0.05, 0) is 36.8 Å². The Hall–Kier alpha value is -2.76. The maximum atomic E-state index is 13.6. The Labute approximate surface area is 154 Å². The van der Waals surface area contributed by atoms with E-state index >= 15 is 0 Å². The Kier molecular flexibility index (Phi) is 7.26. The number of rotatable bonds is 7. The van der Waals surface area contributed by atoms with E-state index in [9.17, 15) is 4.39 Å². The number of para-hydroxylation sites is 1. The van der Waals surface area contributed by atoms with Gasteiger partial charge in [0.05, 0.1) is 6.54 Å². The number of aliphatic imine (C=N–C) groups is 1. The molecule has 0 heterocycles. The van der Waals surface area contributed by atoms with E-state index in [0.717, 1.165) is 11.3 Å². The van der Waals surface area contributed by atoms with E-state index in [1.54, 1.807) is 25.2 Å². The second-order valence-electron chi connectivity index (χ2n) is 6.23. The first-order chi connectivity index (χ1) is 12.5. The summed E-state index contributed by atoms with van der Waals surface area (Å²) in [6.07, 6.45) is -0.206. The molecule has 0 spiro atoms. The highest BCUT2D eigenvalue weighted by Crippen LogP contribution is 2.16. The first kappa shape index (κ1) is 19.6. The van der Waals surface area contributed by atoms with Gasteiger partial charge in [-0.2, -0.15) is 0 Å². The molecule has 0 aliphatic rings. The summed E-state index contributed by atoms with van der Waals surface area (Å²) in [5.74, 6) is 0.567. The number of hydrogen-bond donors (Lipinski definition) is 2. The van der Waals surface area contributed by atoms with Crippen molar-refractivity contribution >= 4 is 11.6 Å². The lowest BCUT2D eigenvalue weighted by Crippen LogP contribution is -2.41. The number of nitrogens with zero attached hydrogens (tertiary/aromatic N) is 2. The molecule has 2 rings (SSSR count). The van der Waals surface area contributed by atoms with Crippen LogP contribution in [-0.4, -0.2) is 39.8 Å². The van der Waals surface area contributed by atoms with Crippen molar-refractivity contribution < 1.29 is 9.13 Å². The van der Waals surface area contributed by atoms with Crippen LogP contribution in [0.3, 0.4) is 0 Å². The molecule has 140 valence electrons. The molecule has 0 saturated carbocycles. The highest BCUT2D eigenvalue weighted by atomic mass is 19.1. The minimum atomic E-state index is -0.359. The number of anilines is 1. The molecule has 2 N–H and O–H groups in total. The van der Waals surface area contributed by atoms with Gasteiger partial charge in [0.25, 0.3) is 0 Å². The van der Waals surface area contributed by atoms with Gasteiger partial charge in [-0.25, -0.2) is 4.39 Å². The first-order valence-corrected chi connectivity index (χ1v) is 8.61. The van der Waals surface area contributed by atoms with E-state index < -0.39 is 0 Å². The predicted molar refractivity (Wildman–Crippen MR) is 105 cm³/mol. The zero-order valence-electron chi connectivity index (χ0n) is 15.8. The van der Waals surface area contributed by atoms with Crippen molar-refractivity contribution in [2.24, 2.45) is 4.99 Å². The van der Waals surface area contributed by atoms with E-state index in [2.05, 4.69) is 38.7 Å². The molecular formula is C20H27FN4O. The summed E-state index contributed by atoms with van der Waals surface area (Å²) >= 11 is 0. The molecule has 2 aromatic carbocycles. The van der Waals surface area contributed by atoms with Gasteiger partial charge in [0.2, 0.25) is 0 Å². The molecule has 0 fully saturated rings. The summed E-state index contributed by atoms with van der Waals surface area (Å²) in [4.78, 5) is 6.28. The van der Waals surface area contributed by atoms with Crippen LogP contribution in [0.5, 0.6) is 5.75 Å². The van der Waals surface area contributed by atoms with Gasteiger partial charge in [0, 0.05) is 33.4 Å². The Balaban J connectivity index is 1.82. The van der Waals surface area contributed by atoms with Crippen LogP contribution < -0.4 is 20.3 Å². The third kappa shape index (κ3) is 5.95. The Morgan fingerprint density at radius 2 is 1.92 bits per heavy atom. The van der Waals surface area contributed by atoms with E-state index in [1.807, 2.05) is 27.1 Å². The van der Waals surface area contributed by atoms with Gasteiger partial charge in [-0.3, -0.25) is 4.99 Å². The van der Waals surface area contributed by atoms with Crippen LogP contribution in [0.15, 0.2) is 53.5 Å². The topological polar surface area (TPSA) is 48.9 Å². The normalized spacial score (nSPS) is 12.4. The fourth-order valence-corrected chi connectivity index (χ4v) is 2.39. The molecule has 0 saturated heterocycles. The molecule has 1 unspecified atom stereocenters. The molecule has 1 atom stereocenters. The SMILES string of the molecule is CN=C(NCc1cccc(N(C)C)c1)NCC(C)Oc1ccccc1F. The lowest BCUT2D eigenvalue weighted by Gasteiger charge is -2.18. The van der Waals surface area contributed by atoms with Crippen molar-refractivity contribution in [1.29, 1.82) is 0 Å². The van der Waals surface area contributed by atoms with Crippen molar-refractivity contribution in [3.63, 3.8) is 0 Å². The van der Waals surface area contributed by atoms with E-state index in [0.29, 0.717) is 19.0 Å². The molecule has 0 amide bonds. The summed E-state index contributed by atoms with van der Waals surface area (Å²) < 4.78 is 19.2. The Bertz CT molecular complexity index is 733. The van der Waals surface area contributed by atoms with Gasteiger partial charge < -0.3 is 20.3 Å². The average molecular weight is 358 g/mol. The number of nitrogens with one attached hydrogen (secondary N) is 2. The first-order valence-electron chi connectivity index (χ1n) is 8.61. The van der Waals surface area contributed by atoms with E-state index in [-0.39, 0.29) is 17.7 Å². The average Bonchev–Trinajstić information content (AvgIpc) is 2.64. The number of guanidine groups is 1. The molecule has 0 bridgehead atoms. The summed E-state index contributed by atoms with van der Waals surface area (Å²) in [6.45, 7) is 3.04. The quantitative estimate of drug-likeness (QED) is 0.590. The second-order valence-corrected chi connectivity index (χ2v) is 6.23. The van der Waals surface area contributed by atoms with Gasteiger partial charge in [-0.15, -0.1) is 0 Å². The third-order valence-electron chi connectivity index (χ3n) is 3.83. The van der Waals surface area contributed by atoms with Crippen molar-refractivity contribution in [2.45, 2.75) is 19.6 Å². The summed E-state index contributed by atoms with van der Waals surface area (Å²) in [6, 6.07) is 14.7. The number of ether oxygens (including phenoxy) is 1. The minimum Gasteiger partial charge on any atom is -0.486 e. The highest BCUT2D eigenvalue weighted by Gasteiger charge is 2.09. The lowest BCUT2D eigenvalue weighted by atomic mass is 10.2. The van der Waals surface area contributed by atoms with Crippen LogP contribution in [0.1, 0.15) is 12.5 Å². The van der Waals surface area contributed by atoms with Crippen LogP contribution in [0.2, 0.25) is 0 Å². The fraction of sp³-hybridized carbons (Fsp3) is 0.350. The zero-order chi connectivity index (χ0) is 18.9. The minimum absolute atomic E-state index is 0.206. The van der Waals surface area contributed by atoms with Gasteiger partial charge in [0.1, 0.15) is 6.10 Å². The van der Waals surface area contributed by atoms with E-state index in [4.69, 9.17) is 4.74 Å². The summed E-state index contributed by atoms with van der Waals surface area (Å²) in [7, 11) is 5.75. The van der Waals surface area contributed by atoms with Crippen LogP contribution >= 0.6 is 0 Å². The number of benzene rings is 2. The molecular weight excluding hydrogens is 331 g/mol. The molecule has 26 heavy (non-hydrogen) atoms. The number of hydrogen-bond acceptors (Lipinski definition) is 3. The molecule has 0 aromatic heterocycles. The standard InChI is InChI=1S/C20H27FN4O/c1-15(26-19-11-6-5-10-18(19)21)13-23-20(22-2)24-14-16-8-7-9-17(12-16)25(3)4/h5-12,15H,13-14H2,1-4H3,(H2,22,23,24). The second kappa shape index (κ2) is 9.65. The maximum absolute atomic E-state index is 13.6. The van der Waals surface area contributed by atoms with Crippen molar-refractivity contribution in [1.82, 2.24) is 10.6 Å². The molecule has 5 nitrogen and oxygen atoms in total.